The van der Waals surface area contributed by atoms with Gasteiger partial charge < -0.3 is 5.71 Å². The summed E-state index contributed by atoms with van der Waals surface area (Å²) in [6, 6.07) is 0. The van der Waals surface area contributed by atoms with Crippen LogP contribution in [0.4, 0.5) is 0 Å². The average Bonchev–Trinajstić information content (AvgIpc) is 1.63. The lowest BCUT2D eigenvalue weighted by molar-refractivity contribution is -0.368. The van der Waals surface area contributed by atoms with Gasteiger partial charge in [0.2, 0.25) is 0 Å². The summed E-state index contributed by atoms with van der Waals surface area (Å²) in [6.45, 7) is 2.38. The second-order valence-electron chi connectivity index (χ2n) is 1.43. The van der Waals surface area contributed by atoms with E-state index < -0.39 is 5.71 Å². The van der Waals surface area contributed by atoms with Crippen molar-refractivity contribution in [3.63, 3.8) is 0 Å². The van der Waals surface area contributed by atoms with E-state index in [1.54, 1.807) is 0 Å². The van der Waals surface area contributed by atoms with Crippen LogP contribution < -0.4 is 5.71 Å². The highest BCUT2D eigenvalue weighted by atomic mass is 14.5. The highest BCUT2D eigenvalue weighted by Gasteiger charge is 1.77. The quantitative estimate of drug-likeness (QED) is 0.486. The van der Waals surface area contributed by atoms with Crippen molar-refractivity contribution in [2.75, 3.05) is 6.54 Å². The molecular weight excluding hydrogens is 74.1 g/mol. The van der Waals surface area contributed by atoms with E-state index in [0.29, 0.717) is 6.54 Å². The van der Waals surface area contributed by atoms with Crippen LogP contribution in [0.1, 0.15) is 26.2 Å². The van der Waals surface area contributed by atoms with Crippen molar-refractivity contribution in [1.82, 2.24) is 0 Å². The highest BCUT2D eigenvalue weighted by molar-refractivity contribution is 4.29. The minimum atomic E-state index is -1.14. The van der Waals surface area contributed by atoms with Crippen LogP contribution in [0.5, 0.6) is 0 Å². The molecule has 0 aromatic rings. The molecule has 0 fully saturated rings. The molecule has 0 amide bonds. The Morgan fingerprint density at radius 2 is 2.50 bits per heavy atom. The molecule has 38 valence electrons. The molecule has 0 aromatic heterocycles. The van der Waals surface area contributed by atoms with Gasteiger partial charge in [-0.05, 0) is 12.8 Å². The molecule has 0 unspecified atom stereocenters. The second-order valence-corrected chi connectivity index (χ2v) is 1.43. The Morgan fingerprint density at radius 1 is 1.67 bits per heavy atom. The van der Waals surface area contributed by atoms with E-state index in [1.165, 1.54) is 0 Å². The topological polar surface area (TPSA) is 27.6 Å². The standard InChI is InChI=1S/C5H13N/c1-2-3-4-5-6/h2-6H2,1H3/p+1/i/hD3. The van der Waals surface area contributed by atoms with Crippen LogP contribution in [0.3, 0.4) is 0 Å². The van der Waals surface area contributed by atoms with Crippen LogP contribution >= 0.6 is 0 Å². The van der Waals surface area contributed by atoms with Crippen molar-refractivity contribution in [1.29, 1.82) is 0 Å². The third-order valence-corrected chi connectivity index (χ3v) is 0.762. The van der Waals surface area contributed by atoms with E-state index in [9.17, 15) is 0 Å². The Labute approximate surface area is 43.9 Å². The van der Waals surface area contributed by atoms with Crippen LogP contribution in [0.2, 0.25) is 4.24 Å². The SMILES string of the molecule is [2H][N+]([2H])([2H])CCCCC. The first-order chi connectivity index (χ1) is 4.06. The summed E-state index contributed by atoms with van der Waals surface area (Å²) >= 11 is 0. The zero-order valence-corrected chi connectivity index (χ0v) is 4.28. The molecule has 0 radical (unpaired) electrons. The molecule has 0 atom stereocenters. The third kappa shape index (κ3) is 3.96. The maximum Gasteiger partial charge on any atom is 0.344 e. The van der Waals surface area contributed by atoms with Crippen LogP contribution in [0.15, 0.2) is 0 Å². The van der Waals surface area contributed by atoms with E-state index >= 15 is 0 Å². The van der Waals surface area contributed by atoms with E-state index in [-0.39, 0.29) is 0 Å². The minimum absolute atomic E-state index is 0.313. The molecular formula is C5H14N+. The maximum absolute atomic E-state index is 6.78. The van der Waals surface area contributed by atoms with Crippen molar-refractivity contribution < 1.29 is 9.95 Å². The molecule has 1 nitrogen and oxygen atoms in total. The fraction of sp³-hybridized carbons (Fsp3) is 1.00. The van der Waals surface area contributed by atoms with Gasteiger partial charge in [0.15, 0.2) is 0 Å². The number of hydrogen-bond acceptors (Lipinski definition) is 0. The Hall–Kier alpha value is -0.0400. The van der Waals surface area contributed by atoms with Gasteiger partial charge in [-0.15, -0.1) is 0 Å². The summed E-state index contributed by atoms with van der Waals surface area (Å²) in [7, 11) is 0. The Bertz CT molecular complexity index is 69.1. The highest BCUT2D eigenvalue weighted by Crippen LogP contribution is 1.87. The molecule has 0 aliphatic rings. The number of quaternary nitrogens is 1. The lowest BCUT2D eigenvalue weighted by Crippen LogP contribution is -2.49. The summed E-state index contributed by atoms with van der Waals surface area (Å²) in [5.41, 5.74) is -1.14. The van der Waals surface area contributed by atoms with E-state index in [2.05, 4.69) is 6.92 Å². The Balaban J connectivity index is 3.07. The monoisotopic (exact) mass is 91.1 g/mol. The van der Waals surface area contributed by atoms with Crippen LogP contribution in [-0.2, 0) is 0 Å². The molecule has 0 aliphatic heterocycles. The molecule has 0 saturated carbocycles. The van der Waals surface area contributed by atoms with Crippen molar-refractivity contribution in [2.45, 2.75) is 26.2 Å². The molecule has 0 saturated heterocycles. The Kier molecular flexibility index (Phi) is 1.91. The second kappa shape index (κ2) is 4.96. The maximum atomic E-state index is 6.78. The van der Waals surface area contributed by atoms with Crippen LogP contribution in [-0.4, -0.2) is 6.54 Å². The predicted octanol–water partition coefficient (Wildman–Crippen LogP) is 0.418. The summed E-state index contributed by atoms with van der Waals surface area (Å²) in [5.74, 6) is 0. The van der Waals surface area contributed by atoms with Crippen molar-refractivity contribution >= 4 is 0 Å². The first-order valence-corrected chi connectivity index (χ1v) is 2.52. The Morgan fingerprint density at radius 3 is 3.00 bits per heavy atom. The zero-order valence-electron chi connectivity index (χ0n) is 7.28. The average molecular weight is 91.2 g/mol. The minimum Gasteiger partial charge on any atom is -0.358 e. The molecule has 0 aromatic carbocycles. The van der Waals surface area contributed by atoms with Crippen LogP contribution in [0.25, 0.3) is 0 Å². The molecule has 0 aliphatic carbocycles. The van der Waals surface area contributed by atoms with E-state index in [0.717, 1.165) is 19.3 Å². The molecule has 6 heavy (non-hydrogen) atoms. The smallest absolute Gasteiger partial charge is 0.344 e. The largest absolute Gasteiger partial charge is 0.358 e. The molecule has 1 heteroatoms. The van der Waals surface area contributed by atoms with Crippen molar-refractivity contribution in [3.8, 4) is 0 Å². The van der Waals surface area contributed by atoms with Gasteiger partial charge in [-0.3, -0.25) is 0 Å². The number of unbranched alkanes of at least 4 members (excludes halogenated alkanes) is 2. The fourth-order valence-electron chi connectivity index (χ4n) is 0.362. The van der Waals surface area contributed by atoms with Gasteiger partial charge in [-0.2, -0.15) is 0 Å². The summed E-state index contributed by atoms with van der Waals surface area (Å²) in [4.78, 5) is 0. The van der Waals surface area contributed by atoms with Gasteiger partial charge in [0.25, 0.3) is 0 Å². The lowest BCUT2D eigenvalue weighted by Gasteiger charge is -1.84. The van der Waals surface area contributed by atoms with Crippen molar-refractivity contribution in [3.05, 3.63) is 0 Å². The summed E-state index contributed by atoms with van der Waals surface area (Å²) < 4.78 is 20.3. The zero-order chi connectivity index (χ0) is 7.33. The summed E-state index contributed by atoms with van der Waals surface area (Å²) in [6.07, 6.45) is 2.92. The number of hydrogen-bond donors (Lipinski definition) is 1. The first-order valence-electron chi connectivity index (χ1n) is 3.86. The molecule has 0 heterocycles. The van der Waals surface area contributed by atoms with Crippen LogP contribution in [0, 0.1) is 0 Å². The van der Waals surface area contributed by atoms with E-state index in [1.807, 2.05) is 0 Å². The summed E-state index contributed by atoms with van der Waals surface area (Å²) in [5, 5.41) is 0. The van der Waals surface area contributed by atoms with Gasteiger partial charge >= 0.3 is 4.24 Å². The third-order valence-electron chi connectivity index (χ3n) is 0.762. The van der Waals surface area contributed by atoms with Gasteiger partial charge in [0.1, 0.15) is 0 Å². The molecule has 0 bridgehead atoms. The molecule has 0 spiro atoms. The van der Waals surface area contributed by atoms with E-state index in [4.69, 9.17) is 4.24 Å². The fourth-order valence-corrected chi connectivity index (χ4v) is 0.362. The predicted molar refractivity (Wildman–Crippen MR) is 27.3 cm³/mol. The van der Waals surface area contributed by atoms with Gasteiger partial charge in [-0.25, -0.2) is 0 Å². The normalized spacial score (nSPS) is 18.5. The lowest BCUT2D eigenvalue weighted by atomic mass is 10.3. The van der Waals surface area contributed by atoms with Gasteiger partial charge in [0.05, 0.1) is 6.54 Å². The van der Waals surface area contributed by atoms with Crippen molar-refractivity contribution in [2.24, 2.45) is 0 Å². The number of rotatable bonds is 4. The first kappa shape index (κ1) is 2.31. The molecule has 3 N–H and O–H groups in total. The van der Waals surface area contributed by atoms with Gasteiger partial charge in [0, 0.05) is 0 Å². The van der Waals surface area contributed by atoms with Gasteiger partial charge in [-0.1, -0.05) is 13.3 Å². The molecule has 0 rings (SSSR count).